The highest BCUT2D eigenvalue weighted by atomic mass is 16.5. The molecule has 1 unspecified atom stereocenters. The molecule has 0 heterocycles. The van der Waals surface area contributed by atoms with Crippen LogP contribution in [-0.4, -0.2) is 42.4 Å². The number of hydrogen-bond acceptors (Lipinski definition) is 4. The highest BCUT2D eigenvalue weighted by Crippen LogP contribution is 2.28. The van der Waals surface area contributed by atoms with E-state index in [9.17, 15) is 9.59 Å². The van der Waals surface area contributed by atoms with Gasteiger partial charge in [-0.3, -0.25) is 9.59 Å². The molecule has 1 atom stereocenters. The molecule has 6 heteroatoms. The predicted molar refractivity (Wildman–Crippen MR) is 78.9 cm³/mol. The average Bonchev–Trinajstić information content (AvgIpc) is 2.45. The Bertz CT molecular complexity index is 489. The normalized spacial score (nSPS) is 11.7. The number of ether oxygens (including phenoxy) is 1. The summed E-state index contributed by atoms with van der Waals surface area (Å²) in [5.41, 5.74) is 0.776. The van der Waals surface area contributed by atoms with E-state index in [0.717, 1.165) is 5.69 Å². The van der Waals surface area contributed by atoms with Crippen LogP contribution in [0.2, 0.25) is 0 Å². The van der Waals surface area contributed by atoms with E-state index in [1.807, 2.05) is 23.1 Å². The number of carbonyl (C=O) groups is 2. The molecule has 0 aliphatic carbocycles. The van der Waals surface area contributed by atoms with Crippen molar-refractivity contribution in [3.8, 4) is 5.75 Å². The summed E-state index contributed by atoms with van der Waals surface area (Å²) in [7, 11) is 1.55. The summed E-state index contributed by atoms with van der Waals surface area (Å²) in [6.07, 6.45) is 0.493. The van der Waals surface area contributed by atoms with Gasteiger partial charge < -0.3 is 19.8 Å². The molecule has 0 aliphatic heterocycles. The third-order valence-corrected chi connectivity index (χ3v) is 3.16. The van der Waals surface area contributed by atoms with Crippen molar-refractivity contribution >= 4 is 17.6 Å². The fraction of sp³-hybridized carbons (Fsp3) is 0.467. The number of anilines is 1. The lowest BCUT2D eigenvalue weighted by Crippen LogP contribution is -2.33. The summed E-state index contributed by atoms with van der Waals surface area (Å²) >= 11 is 0. The highest BCUT2D eigenvalue weighted by Gasteiger charge is 2.19. The Morgan fingerprint density at radius 1 is 1.29 bits per heavy atom. The Labute approximate surface area is 124 Å². The minimum absolute atomic E-state index is 0.0487. The summed E-state index contributed by atoms with van der Waals surface area (Å²) in [6, 6.07) is 7.31. The van der Waals surface area contributed by atoms with Gasteiger partial charge >= 0.3 is 11.9 Å². The lowest BCUT2D eigenvalue weighted by molar-refractivity contribution is -0.141. The summed E-state index contributed by atoms with van der Waals surface area (Å²) in [5, 5.41) is 17.8. The van der Waals surface area contributed by atoms with Crippen LogP contribution in [0.1, 0.15) is 19.8 Å². The number of para-hydroxylation sites is 2. The molecule has 1 aromatic rings. The third kappa shape index (κ3) is 5.33. The van der Waals surface area contributed by atoms with Crippen molar-refractivity contribution in [3.05, 3.63) is 24.3 Å². The van der Waals surface area contributed by atoms with Crippen LogP contribution < -0.4 is 9.64 Å². The first-order valence-corrected chi connectivity index (χ1v) is 6.78. The minimum Gasteiger partial charge on any atom is -0.495 e. The molecule has 0 aromatic heterocycles. The maximum absolute atomic E-state index is 11.1. The smallest absolute Gasteiger partial charge is 0.308 e. The fourth-order valence-corrected chi connectivity index (χ4v) is 2.03. The molecule has 2 N–H and O–H groups in total. The van der Waals surface area contributed by atoms with E-state index in [1.165, 1.54) is 0 Å². The zero-order valence-electron chi connectivity index (χ0n) is 12.3. The third-order valence-electron chi connectivity index (χ3n) is 3.16. The Balaban J connectivity index is 2.88. The molecule has 0 spiro atoms. The summed E-state index contributed by atoms with van der Waals surface area (Å²) in [4.78, 5) is 23.5. The molecular weight excluding hydrogens is 274 g/mol. The van der Waals surface area contributed by atoms with Gasteiger partial charge in [0.15, 0.2) is 0 Å². The van der Waals surface area contributed by atoms with Crippen LogP contribution in [0.4, 0.5) is 5.69 Å². The van der Waals surface area contributed by atoms with Gasteiger partial charge in [0.1, 0.15) is 5.75 Å². The molecular formula is C15H21NO5. The fourth-order valence-electron chi connectivity index (χ4n) is 2.03. The molecule has 1 aromatic carbocycles. The summed E-state index contributed by atoms with van der Waals surface area (Å²) in [5.74, 6) is -1.65. The van der Waals surface area contributed by atoms with E-state index in [4.69, 9.17) is 14.9 Å². The largest absolute Gasteiger partial charge is 0.495 e. The molecule has 116 valence electrons. The van der Waals surface area contributed by atoms with E-state index in [-0.39, 0.29) is 6.42 Å². The van der Waals surface area contributed by atoms with Gasteiger partial charge in [0, 0.05) is 19.5 Å². The molecule has 0 amide bonds. The van der Waals surface area contributed by atoms with Gasteiger partial charge in [0.05, 0.1) is 18.7 Å². The van der Waals surface area contributed by atoms with Crippen LogP contribution in [0, 0.1) is 5.92 Å². The molecule has 0 bridgehead atoms. The maximum Gasteiger partial charge on any atom is 0.308 e. The standard InChI is InChI=1S/C15H21NO5/c1-11(15(19)20)10-16(9-5-8-14(17)18)12-6-3-4-7-13(12)21-2/h3-4,6-7,11H,5,8-10H2,1-2H3,(H,17,18)(H,19,20). The van der Waals surface area contributed by atoms with E-state index < -0.39 is 17.9 Å². The van der Waals surface area contributed by atoms with Crippen LogP contribution in [0.25, 0.3) is 0 Å². The Morgan fingerprint density at radius 3 is 2.52 bits per heavy atom. The van der Waals surface area contributed by atoms with E-state index in [1.54, 1.807) is 20.1 Å². The summed E-state index contributed by atoms with van der Waals surface area (Å²) in [6.45, 7) is 2.39. The lowest BCUT2D eigenvalue weighted by atomic mass is 10.1. The summed E-state index contributed by atoms with van der Waals surface area (Å²) < 4.78 is 5.29. The molecule has 0 saturated carbocycles. The second-order valence-corrected chi connectivity index (χ2v) is 4.85. The quantitative estimate of drug-likeness (QED) is 0.725. The van der Waals surface area contributed by atoms with E-state index >= 15 is 0 Å². The van der Waals surface area contributed by atoms with Gasteiger partial charge in [-0.1, -0.05) is 19.1 Å². The molecule has 1 rings (SSSR count). The number of hydrogen-bond donors (Lipinski definition) is 2. The molecule has 0 aliphatic rings. The van der Waals surface area contributed by atoms with Gasteiger partial charge in [0.25, 0.3) is 0 Å². The van der Waals surface area contributed by atoms with E-state index in [2.05, 4.69) is 0 Å². The zero-order chi connectivity index (χ0) is 15.8. The number of carboxylic acids is 2. The van der Waals surface area contributed by atoms with Gasteiger partial charge in [-0.2, -0.15) is 0 Å². The van der Waals surface area contributed by atoms with Crippen LogP contribution in [-0.2, 0) is 9.59 Å². The van der Waals surface area contributed by atoms with Crippen molar-refractivity contribution in [3.63, 3.8) is 0 Å². The van der Waals surface area contributed by atoms with E-state index in [0.29, 0.717) is 25.3 Å². The average molecular weight is 295 g/mol. The van der Waals surface area contributed by atoms with Crippen molar-refractivity contribution in [2.75, 3.05) is 25.1 Å². The molecule has 21 heavy (non-hydrogen) atoms. The number of carboxylic acid groups (broad SMARTS) is 2. The van der Waals surface area contributed by atoms with Gasteiger partial charge in [0.2, 0.25) is 0 Å². The Kier molecular flexibility index (Phi) is 6.52. The zero-order valence-corrected chi connectivity index (χ0v) is 12.3. The second-order valence-electron chi connectivity index (χ2n) is 4.85. The first kappa shape index (κ1) is 16.8. The number of methoxy groups -OCH3 is 1. The number of aliphatic carboxylic acids is 2. The van der Waals surface area contributed by atoms with Crippen molar-refractivity contribution in [2.24, 2.45) is 5.92 Å². The predicted octanol–water partition coefficient (Wildman–Crippen LogP) is 2.09. The van der Waals surface area contributed by atoms with Crippen molar-refractivity contribution < 1.29 is 24.5 Å². The first-order chi connectivity index (χ1) is 9.95. The molecule has 0 fully saturated rings. The minimum atomic E-state index is -0.881. The Hall–Kier alpha value is -2.24. The number of rotatable bonds is 9. The number of nitrogens with zero attached hydrogens (tertiary/aromatic N) is 1. The number of benzene rings is 1. The van der Waals surface area contributed by atoms with Crippen LogP contribution in [0.5, 0.6) is 5.75 Å². The van der Waals surface area contributed by atoms with Crippen molar-refractivity contribution in [1.29, 1.82) is 0 Å². The molecule has 0 saturated heterocycles. The SMILES string of the molecule is COc1ccccc1N(CCCC(=O)O)CC(C)C(=O)O. The van der Waals surface area contributed by atoms with Crippen LogP contribution in [0.3, 0.4) is 0 Å². The monoisotopic (exact) mass is 295 g/mol. The van der Waals surface area contributed by atoms with Gasteiger partial charge in [-0.25, -0.2) is 0 Å². The second kappa shape index (κ2) is 8.14. The maximum atomic E-state index is 11.1. The lowest BCUT2D eigenvalue weighted by Gasteiger charge is -2.28. The van der Waals surface area contributed by atoms with Crippen molar-refractivity contribution in [2.45, 2.75) is 19.8 Å². The van der Waals surface area contributed by atoms with Crippen LogP contribution >= 0.6 is 0 Å². The molecule has 0 radical (unpaired) electrons. The van der Waals surface area contributed by atoms with Crippen molar-refractivity contribution in [1.82, 2.24) is 0 Å². The van der Waals surface area contributed by atoms with Gasteiger partial charge in [-0.05, 0) is 18.6 Å². The Morgan fingerprint density at radius 2 is 1.95 bits per heavy atom. The highest BCUT2D eigenvalue weighted by molar-refractivity contribution is 5.71. The molecule has 6 nitrogen and oxygen atoms in total. The van der Waals surface area contributed by atoms with Crippen LogP contribution in [0.15, 0.2) is 24.3 Å². The topological polar surface area (TPSA) is 87.1 Å². The first-order valence-electron chi connectivity index (χ1n) is 6.78. The van der Waals surface area contributed by atoms with Gasteiger partial charge in [-0.15, -0.1) is 0 Å².